The van der Waals surface area contributed by atoms with Crippen molar-refractivity contribution in [3.05, 3.63) is 52.8 Å². The van der Waals surface area contributed by atoms with E-state index in [1.54, 1.807) is 18.2 Å². The number of nitrogens with two attached hydrogens (primary N) is 1. The highest BCUT2D eigenvalue weighted by Crippen LogP contribution is 2.38. The number of carbonyl (C=O) groups is 1. The molecule has 156 valence electrons. The van der Waals surface area contributed by atoms with E-state index in [2.05, 4.69) is 0 Å². The third kappa shape index (κ3) is 4.14. The number of anilines is 1. The van der Waals surface area contributed by atoms with Crippen LogP contribution in [0.2, 0.25) is 0 Å². The van der Waals surface area contributed by atoms with Crippen LogP contribution in [0.4, 0.5) is 10.1 Å². The molecule has 0 spiro atoms. The summed E-state index contributed by atoms with van der Waals surface area (Å²) in [6.45, 7) is 2.12. The largest absolute Gasteiger partial charge is 0.493 e. The molecule has 3 rings (SSSR count). The van der Waals surface area contributed by atoms with Crippen LogP contribution in [0.25, 0.3) is 0 Å². The van der Waals surface area contributed by atoms with E-state index in [1.165, 1.54) is 24.1 Å². The first-order chi connectivity index (χ1) is 13.7. The van der Waals surface area contributed by atoms with Crippen LogP contribution < -0.4 is 15.2 Å². The predicted octanol–water partition coefficient (Wildman–Crippen LogP) is 2.56. The fraction of sp³-hybridized carbons (Fsp3) is 0.350. The third-order valence-corrected chi connectivity index (χ3v) is 5.72. The van der Waals surface area contributed by atoms with Gasteiger partial charge < -0.3 is 20.1 Å². The van der Waals surface area contributed by atoms with Crippen LogP contribution in [-0.4, -0.2) is 45.0 Å². The number of halogens is 1. The molecule has 9 heteroatoms. The van der Waals surface area contributed by atoms with Gasteiger partial charge in [0.1, 0.15) is 15.7 Å². The Hall–Kier alpha value is -2.81. The monoisotopic (exact) mass is 422 g/mol. The molecule has 0 bridgehead atoms. The van der Waals surface area contributed by atoms with E-state index in [0.717, 1.165) is 6.26 Å². The Balaban J connectivity index is 2.08. The van der Waals surface area contributed by atoms with E-state index < -0.39 is 27.6 Å². The van der Waals surface area contributed by atoms with Gasteiger partial charge in [0, 0.05) is 17.5 Å². The van der Waals surface area contributed by atoms with Gasteiger partial charge >= 0.3 is 0 Å². The molecule has 1 aliphatic rings. The van der Waals surface area contributed by atoms with E-state index >= 15 is 0 Å². The number of fused-ring (bicyclic) bond motifs is 1. The third-order valence-electron chi connectivity index (χ3n) is 4.80. The van der Waals surface area contributed by atoms with Crippen molar-refractivity contribution in [2.24, 2.45) is 0 Å². The first-order valence-electron chi connectivity index (χ1n) is 9.02. The van der Waals surface area contributed by atoms with Crippen molar-refractivity contribution < 1.29 is 27.1 Å². The second-order valence-corrected chi connectivity index (χ2v) is 9.06. The summed E-state index contributed by atoms with van der Waals surface area (Å²) in [7, 11) is -1.97. The van der Waals surface area contributed by atoms with Crippen LogP contribution in [0.5, 0.6) is 11.5 Å². The van der Waals surface area contributed by atoms with E-state index in [4.69, 9.17) is 15.2 Å². The number of nitrogen functional groups attached to an aromatic ring is 1. The topological polar surface area (TPSA) is 98.9 Å². The molecule has 0 fully saturated rings. The number of amides is 1. The highest BCUT2D eigenvalue weighted by molar-refractivity contribution is 7.90. The average molecular weight is 422 g/mol. The smallest absolute Gasteiger partial charge is 0.257 e. The zero-order valence-electron chi connectivity index (χ0n) is 16.4. The number of hydrogen-bond donors (Lipinski definition) is 1. The molecule has 0 saturated carbocycles. The van der Waals surface area contributed by atoms with Crippen molar-refractivity contribution in [1.82, 2.24) is 4.90 Å². The minimum atomic E-state index is -3.47. The summed E-state index contributed by atoms with van der Waals surface area (Å²) in [5.74, 6) is -0.459. The molecule has 2 aromatic carbocycles. The summed E-state index contributed by atoms with van der Waals surface area (Å²) in [6.07, 6.45) is 1.09. The number of nitrogens with zero attached hydrogens (tertiary/aromatic N) is 1. The van der Waals surface area contributed by atoms with Gasteiger partial charge in [0.15, 0.2) is 11.5 Å². The molecule has 2 aromatic rings. The van der Waals surface area contributed by atoms with Gasteiger partial charge in [-0.05, 0) is 36.8 Å². The van der Waals surface area contributed by atoms with Gasteiger partial charge in [-0.2, -0.15) is 0 Å². The van der Waals surface area contributed by atoms with Gasteiger partial charge in [-0.25, -0.2) is 12.8 Å². The Morgan fingerprint density at radius 1 is 1.24 bits per heavy atom. The summed E-state index contributed by atoms with van der Waals surface area (Å²) >= 11 is 0. The normalized spacial score (nSPS) is 14.6. The second kappa shape index (κ2) is 7.90. The van der Waals surface area contributed by atoms with Crippen molar-refractivity contribution in [3.8, 4) is 11.5 Å². The van der Waals surface area contributed by atoms with Crippen LogP contribution in [0.15, 0.2) is 30.3 Å². The molecule has 7 nitrogen and oxygen atoms in total. The molecule has 0 aromatic heterocycles. The SMILES string of the molecule is CCOc1cc(C(CS(C)(=O)=O)N2Cc3c(F)ccc(N)c3C2=O)ccc1OC. The summed E-state index contributed by atoms with van der Waals surface area (Å²) < 4.78 is 49.4. The molecule has 1 amide bonds. The van der Waals surface area contributed by atoms with Gasteiger partial charge in [-0.1, -0.05) is 6.07 Å². The van der Waals surface area contributed by atoms with E-state index in [1.807, 2.05) is 6.92 Å². The zero-order valence-corrected chi connectivity index (χ0v) is 17.3. The fourth-order valence-electron chi connectivity index (χ4n) is 3.51. The molecule has 0 aliphatic carbocycles. The molecule has 1 atom stereocenters. The Kier molecular flexibility index (Phi) is 5.70. The van der Waals surface area contributed by atoms with Crippen molar-refractivity contribution in [3.63, 3.8) is 0 Å². The second-order valence-electron chi connectivity index (χ2n) is 6.87. The lowest BCUT2D eigenvalue weighted by atomic mass is 10.1. The minimum Gasteiger partial charge on any atom is -0.493 e. The molecule has 0 saturated heterocycles. The lowest BCUT2D eigenvalue weighted by molar-refractivity contribution is 0.0718. The summed E-state index contributed by atoms with van der Waals surface area (Å²) in [4.78, 5) is 14.4. The highest BCUT2D eigenvalue weighted by atomic mass is 32.2. The maximum atomic E-state index is 14.3. The number of sulfone groups is 1. The first kappa shape index (κ1) is 20.9. The Bertz CT molecular complexity index is 1060. The van der Waals surface area contributed by atoms with Crippen LogP contribution in [0, 0.1) is 5.82 Å². The number of carbonyl (C=O) groups excluding carboxylic acids is 1. The van der Waals surface area contributed by atoms with Crippen molar-refractivity contribution in [2.75, 3.05) is 31.5 Å². The Labute approximate surface area is 169 Å². The Morgan fingerprint density at radius 2 is 1.97 bits per heavy atom. The van der Waals surface area contributed by atoms with E-state index in [9.17, 15) is 17.6 Å². The fourth-order valence-corrected chi connectivity index (χ4v) is 4.45. The van der Waals surface area contributed by atoms with Gasteiger partial charge in [-0.3, -0.25) is 4.79 Å². The van der Waals surface area contributed by atoms with Gasteiger partial charge in [0.2, 0.25) is 0 Å². The van der Waals surface area contributed by atoms with E-state index in [0.29, 0.717) is 23.7 Å². The summed E-state index contributed by atoms with van der Waals surface area (Å²) in [6, 6.07) is 6.67. The molecule has 1 unspecified atom stereocenters. The molecule has 1 aliphatic heterocycles. The molecule has 29 heavy (non-hydrogen) atoms. The van der Waals surface area contributed by atoms with Gasteiger partial charge in [0.05, 0.1) is 37.6 Å². The van der Waals surface area contributed by atoms with Crippen LogP contribution in [0.1, 0.15) is 34.5 Å². The number of methoxy groups -OCH3 is 1. The lowest BCUT2D eigenvalue weighted by Crippen LogP contribution is -2.34. The number of ether oxygens (including phenoxy) is 2. The molecule has 1 heterocycles. The molecular weight excluding hydrogens is 399 g/mol. The zero-order chi connectivity index (χ0) is 21.3. The highest BCUT2D eigenvalue weighted by Gasteiger charge is 2.38. The molecular formula is C20H23FN2O5S. The van der Waals surface area contributed by atoms with Crippen LogP contribution >= 0.6 is 0 Å². The number of rotatable bonds is 7. The minimum absolute atomic E-state index is 0.0682. The number of benzene rings is 2. The first-order valence-corrected chi connectivity index (χ1v) is 11.1. The van der Waals surface area contributed by atoms with Gasteiger partial charge in [0.25, 0.3) is 5.91 Å². The quantitative estimate of drug-likeness (QED) is 0.689. The van der Waals surface area contributed by atoms with Gasteiger partial charge in [-0.15, -0.1) is 0 Å². The maximum Gasteiger partial charge on any atom is 0.257 e. The van der Waals surface area contributed by atoms with E-state index in [-0.39, 0.29) is 29.1 Å². The summed E-state index contributed by atoms with van der Waals surface area (Å²) in [5, 5.41) is 0. The standard InChI is InChI=1S/C20H23FN2O5S/c1-4-28-18-9-12(5-8-17(18)27-2)16(11-29(3,25)26)23-10-13-14(21)6-7-15(22)19(13)20(23)24/h5-9,16H,4,10-11,22H2,1-3H3. The molecule has 0 radical (unpaired) electrons. The number of hydrogen-bond acceptors (Lipinski definition) is 6. The van der Waals surface area contributed by atoms with Crippen LogP contribution in [-0.2, 0) is 16.4 Å². The van der Waals surface area contributed by atoms with Crippen molar-refractivity contribution in [1.29, 1.82) is 0 Å². The Morgan fingerprint density at radius 3 is 2.55 bits per heavy atom. The average Bonchev–Trinajstić information content (AvgIpc) is 3.01. The molecule has 2 N–H and O–H groups in total. The van der Waals surface area contributed by atoms with Crippen LogP contribution in [0.3, 0.4) is 0 Å². The van der Waals surface area contributed by atoms with Crippen molar-refractivity contribution >= 4 is 21.4 Å². The maximum absolute atomic E-state index is 14.3. The van der Waals surface area contributed by atoms with Crippen molar-refractivity contribution in [2.45, 2.75) is 19.5 Å². The lowest BCUT2D eigenvalue weighted by Gasteiger charge is -2.28. The predicted molar refractivity (Wildman–Crippen MR) is 107 cm³/mol. The summed E-state index contributed by atoms with van der Waals surface area (Å²) in [5.41, 5.74) is 6.86.